The van der Waals surface area contributed by atoms with E-state index in [9.17, 15) is 5.11 Å². The van der Waals surface area contributed by atoms with Crippen molar-refractivity contribution in [1.29, 1.82) is 0 Å². The zero-order valence-corrected chi connectivity index (χ0v) is 20.8. The second-order valence-corrected chi connectivity index (χ2v) is 10.7. The quantitative estimate of drug-likeness (QED) is 0.322. The van der Waals surface area contributed by atoms with Gasteiger partial charge < -0.3 is 15.7 Å². The van der Waals surface area contributed by atoms with Crippen LogP contribution in [0.2, 0.25) is 0 Å². The molecular formula is C26H30N6OS. The molecule has 1 aliphatic rings. The van der Waals surface area contributed by atoms with Crippen molar-refractivity contribution in [2.24, 2.45) is 5.92 Å². The van der Waals surface area contributed by atoms with Crippen molar-refractivity contribution >= 4 is 39.0 Å². The molecule has 0 bridgehead atoms. The van der Waals surface area contributed by atoms with Crippen LogP contribution in [-0.4, -0.2) is 36.7 Å². The van der Waals surface area contributed by atoms with Gasteiger partial charge in [0.2, 0.25) is 5.95 Å². The summed E-state index contributed by atoms with van der Waals surface area (Å²) in [5.74, 6) is 1.55. The molecule has 3 aromatic heterocycles. The number of benzene rings is 1. The van der Waals surface area contributed by atoms with Crippen LogP contribution >= 0.6 is 11.3 Å². The van der Waals surface area contributed by atoms with Crippen molar-refractivity contribution < 1.29 is 5.11 Å². The molecule has 8 heteroatoms. The van der Waals surface area contributed by atoms with E-state index in [2.05, 4.69) is 26.7 Å². The van der Waals surface area contributed by atoms with Crippen LogP contribution in [0.15, 0.2) is 42.6 Å². The fourth-order valence-corrected chi connectivity index (χ4v) is 5.66. The molecule has 0 radical (unpaired) electrons. The highest BCUT2D eigenvalue weighted by atomic mass is 32.1. The molecule has 2 unspecified atom stereocenters. The lowest BCUT2D eigenvalue weighted by Gasteiger charge is -2.25. The molecule has 1 aromatic carbocycles. The Morgan fingerprint density at radius 1 is 1.03 bits per heavy atom. The largest absolute Gasteiger partial charge is 0.390 e. The maximum Gasteiger partial charge on any atom is 0.229 e. The fourth-order valence-electron chi connectivity index (χ4n) is 4.68. The number of para-hydroxylation sites is 1. The first-order valence-corrected chi connectivity index (χ1v) is 12.5. The van der Waals surface area contributed by atoms with E-state index < -0.39 is 5.60 Å². The van der Waals surface area contributed by atoms with Crippen LogP contribution in [0.3, 0.4) is 0 Å². The Hall–Kier alpha value is -3.10. The topological polar surface area (TPSA) is 95.9 Å². The summed E-state index contributed by atoms with van der Waals surface area (Å²) in [6.45, 7) is 7.75. The monoisotopic (exact) mass is 474 g/mol. The van der Waals surface area contributed by atoms with Crippen molar-refractivity contribution in [3.8, 4) is 10.6 Å². The van der Waals surface area contributed by atoms with E-state index in [0.717, 1.165) is 62.9 Å². The first-order valence-electron chi connectivity index (χ1n) is 11.7. The van der Waals surface area contributed by atoms with Crippen molar-refractivity contribution in [3.05, 3.63) is 54.0 Å². The third-order valence-electron chi connectivity index (χ3n) is 6.42. The number of aromatic nitrogens is 4. The van der Waals surface area contributed by atoms with Crippen molar-refractivity contribution in [2.75, 3.05) is 10.6 Å². The summed E-state index contributed by atoms with van der Waals surface area (Å²) < 4.78 is 1.14. The number of fused-ring (bicyclic) bond motifs is 1. The summed E-state index contributed by atoms with van der Waals surface area (Å²) in [7, 11) is 0. The Labute approximate surface area is 203 Å². The Bertz CT molecular complexity index is 1280. The average molecular weight is 475 g/mol. The van der Waals surface area contributed by atoms with Gasteiger partial charge in [-0.2, -0.15) is 4.98 Å². The van der Waals surface area contributed by atoms with Crippen LogP contribution in [0.5, 0.6) is 0 Å². The molecular weight excluding hydrogens is 444 g/mol. The molecule has 0 amide bonds. The van der Waals surface area contributed by atoms with Crippen LogP contribution in [0, 0.1) is 19.8 Å². The van der Waals surface area contributed by atoms with Gasteiger partial charge in [0.25, 0.3) is 0 Å². The standard InChI is InChI=1S/C26H30N6OS/c1-15-11-19(12-16(2)28-15)30-25-27-14-20(24-31-21-7-5-6-8-22(21)34-24)23(32-25)29-18-10-9-17(13-18)26(3,4)33/h5-8,11-12,14,17-18,33H,9-10,13H2,1-4H3,(H2,27,28,29,30,32). The van der Waals surface area contributed by atoms with Gasteiger partial charge >= 0.3 is 0 Å². The second kappa shape index (κ2) is 8.92. The number of aryl methyl sites for hydroxylation is 2. The number of rotatable bonds is 6. The minimum absolute atomic E-state index is 0.234. The lowest BCUT2D eigenvalue weighted by atomic mass is 9.89. The minimum Gasteiger partial charge on any atom is -0.390 e. The van der Waals surface area contributed by atoms with Crippen LogP contribution in [0.4, 0.5) is 17.5 Å². The molecule has 0 spiro atoms. The van der Waals surface area contributed by atoms with Gasteiger partial charge in [0, 0.05) is 29.3 Å². The molecule has 1 aliphatic carbocycles. The van der Waals surface area contributed by atoms with E-state index in [1.165, 1.54) is 0 Å². The number of hydrogen-bond acceptors (Lipinski definition) is 8. The second-order valence-electron chi connectivity index (χ2n) is 9.71. The highest BCUT2D eigenvalue weighted by Gasteiger charge is 2.35. The van der Waals surface area contributed by atoms with Crippen LogP contribution in [0.25, 0.3) is 20.8 Å². The maximum absolute atomic E-state index is 10.5. The van der Waals surface area contributed by atoms with E-state index in [-0.39, 0.29) is 12.0 Å². The van der Waals surface area contributed by atoms with E-state index in [1.54, 1.807) is 11.3 Å². The van der Waals surface area contributed by atoms with Gasteiger partial charge in [0.1, 0.15) is 10.8 Å². The van der Waals surface area contributed by atoms with Crippen LogP contribution < -0.4 is 10.6 Å². The van der Waals surface area contributed by atoms with Gasteiger partial charge in [-0.3, -0.25) is 4.98 Å². The summed E-state index contributed by atoms with van der Waals surface area (Å²) in [6, 6.07) is 12.3. The summed E-state index contributed by atoms with van der Waals surface area (Å²) >= 11 is 1.64. The van der Waals surface area contributed by atoms with Gasteiger partial charge in [-0.1, -0.05) is 12.1 Å². The van der Waals surface area contributed by atoms with E-state index >= 15 is 0 Å². The van der Waals surface area contributed by atoms with E-state index in [0.29, 0.717) is 5.95 Å². The Balaban J connectivity index is 1.49. The number of anilines is 3. The smallest absolute Gasteiger partial charge is 0.229 e. The van der Waals surface area contributed by atoms with Gasteiger partial charge in [-0.25, -0.2) is 9.97 Å². The van der Waals surface area contributed by atoms with Gasteiger partial charge in [0.15, 0.2) is 0 Å². The number of pyridine rings is 1. The van der Waals surface area contributed by atoms with E-state index in [4.69, 9.17) is 9.97 Å². The van der Waals surface area contributed by atoms with E-state index in [1.807, 2.05) is 64.2 Å². The fraction of sp³-hybridized carbons (Fsp3) is 0.385. The Kier molecular flexibility index (Phi) is 5.95. The molecule has 1 fully saturated rings. The van der Waals surface area contributed by atoms with Gasteiger partial charge in [0.05, 0.1) is 21.4 Å². The number of nitrogens with zero attached hydrogens (tertiary/aromatic N) is 4. The summed E-state index contributed by atoms with van der Waals surface area (Å²) in [4.78, 5) is 18.8. The third kappa shape index (κ3) is 4.88. The van der Waals surface area contributed by atoms with Crippen molar-refractivity contribution in [2.45, 2.75) is 58.6 Å². The van der Waals surface area contributed by atoms with Gasteiger partial charge in [-0.05, 0) is 77.1 Å². The molecule has 0 saturated heterocycles. The zero-order valence-electron chi connectivity index (χ0n) is 20.0. The lowest BCUT2D eigenvalue weighted by molar-refractivity contribution is 0.0197. The SMILES string of the molecule is Cc1cc(Nc2ncc(-c3nc4ccccc4s3)c(NC3CCC(C(C)(C)O)C3)n2)cc(C)n1. The predicted octanol–water partition coefficient (Wildman–Crippen LogP) is 5.86. The Morgan fingerprint density at radius 2 is 1.79 bits per heavy atom. The normalized spacial score (nSPS) is 18.4. The summed E-state index contributed by atoms with van der Waals surface area (Å²) in [6.07, 6.45) is 4.73. The van der Waals surface area contributed by atoms with Crippen molar-refractivity contribution in [1.82, 2.24) is 19.9 Å². The minimum atomic E-state index is -0.679. The molecule has 2 atom stereocenters. The lowest BCUT2D eigenvalue weighted by Crippen LogP contribution is -2.30. The predicted molar refractivity (Wildman–Crippen MR) is 139 cm³/mol. The van der Waals surface area contributed by atoms with Crippen molar-refractivity contribution in [3.63, 3.8) is 0 Å². The highest BCUT2D eigenvalue weighted by molar-refractivity contribution is 7.21. The summed E-state index contributed by atoms with van der Waals surface area (Å²) in [5, 5.41) is 18.4. The molecule has 7 nitrogen and oxygen atoms in total. The van der Waals surface area contributed by atoms with Gasteiger partial charge in [-0.15, -0.1) is 11.3 Å². The number of thiazole rings is 1. The first kappa shape index (κ1) is 22.7. The number of aliphatic hydroxyl groups is 1. The molecule has 34 heavy (non-hydrogen) atoms. The number of hydrogen-bond donors (Lipinski definition) is 3. The molecule has 0 aliphatic heterocycles. The van der Waals surface area contributed by atoms with Crippen LogP contribution in [-0.2, 0) is 0 Å². The summed E-state index contributed by atoms with van der Waals surface area (Å²) in [5.41, 5.74) is 3.97. The third-order valence-corrected chi connectivity index (χ3v) is 7.49. The molecule has 1 saturated carbocycles. The molecule has 4 aromatic rings. The van der Waals surface area contributed by atoms with Crippen LogP contribution in [0.1, 0.15) is 44.5 Å². The average Bonchev–Trinajstić information content (AvgIpc) is 3.40. The molecule has 176 valence electrons. The number of nitrogens with one attached hydrogen (secondary N) is 2. The molecule has 3 heterocycles. The molecule has 5 rings (SSSR count). The zero-order chi connectivity index (χ0) is 23.9. The molecule has 3 N–H and O–H groups in total. The highest BCUT2D eigenvalue weighted by Crippen LogP contribution is 2.38. The maximum atomic E-state index is 10.5. The Morgan fingerprint density at radius 3 is 2.50 bits per heavy atom. The first-order chi connectivity index (χ1) is 16.2.